The van der Waals surface area contributed by atoms with E-state index in [0.717, 1.165) is 5.56 Å². The molecule has 3 amide bonds. The number of aliphatic carboxylic acids is 1. The third-order valence-corrected chi connectivity index (χ3v) is 6.05. The third kappa shape index (κ3) is 10.1. The average molecular weight is 491 g/mol. The van der Waals surface area contributed by atoms with Crippen molar-refractivity contribution in [3.63, 3.8) is 0 Å². The fourth-order valence-corrected chi connectivity index (χ4v) is 3.54. The second kappa shape index (κ2) is 14.5. The van der Waals surface area contributed by atoms with Gasteiger partial charge in [0.15, 0.2) is 0 Å². The average Bonchev–Trinajstić information content (AvgIpc) is 2.80. The molecule has 0 aliphatic heterocycles. The van der Waals surface area contributed by atoms with Crippen molar-refractivity contribution in [2.75, 3.05) is 0 Å². The zero-order valence-corrected chi connectivity index (χ0v) is 21.7. The Kier molecular flexibility index (Phi) is 12.4. The molecule has 5 unspecified atom stereocenters. The number of nitrogens with one attached hydrogen (secondary N) is 3. The summed E-state index contributed by atoms with van der Waals surface area (Å²) in [6.45, 7) is 11.2. The summed E-state index contributed by atoms with van der Waals surface area (Å²) >= 11 is 0. The zero-order chi connectivity index (χ0) is 26.7. The fraction of sp³-hybridized carbons (Fsp3) is 0.615. The molecule has 1 aromatic rings. The van der Waals surface area contributed by atoms with Crippen molar-refractivity contribution in [3.8, 4) is 0 Å². The van der Waals surface area contributed by atoms with Crippen LogP contribution in [0.5, 0.6) is 0 Å². The van der Waals surface area contributed by atoms with Crippen LogP contribution in [0, 0.1) is 17.8 Å². The molecule has 0 fully saturated rings. The van der Waals surface area contributed by atoms with Crippen LogP contribution in [0.4, 0.5) is 0 Å². The molecule has 9 nitrogen and oxygen atoms in total. The van der Waals surface area contributed by atoms with Gasteiger partial charge in [-0.1, -0.05) is 78.3 Å². The van der Waals surface area contributed by atoms with Crippen LogP contribution in [0.1, 0.15) is 59.9 Å². The van der Waals surface area contributed by atoms with Gasteiger partial charge in [-0.25, -0.2) is 4.79 Å². The van der Waals surface area contributed by atoms with Gasteiger partial charge in [0.05, 0.1) is 6.04 Å². The summed E-state index contributed by atoms with van der Waals surface area (Å²) in [6, 6.07) is 5.26. The summed E-state index contributed by atoms with van der Waals surface area (Å²) in [5.74, 6) is -2.95. The minimum atomic E-state index is -1.16. The largest absolute Gasteiger partial charge is 0.480 e. The molecule has 1 rings (SSSR count). The predicted octanol–water partition coefficient (Wildman–Crippen LogP) is 1.84. The van der Waals surface area contributed by atoms with Crippen LogP contribution in [0.2, 0.25) is 0 Å². The number of carboxylic acid groups (broad SMARTS) is 1. The van der Waals surface area contributed by atoms with E-state index in [9.17, 15) is 24.3 Å². The van der Waals surface area contributed by atoms with Crippen molar-refractivity contribution in [3.05, 3.63) is 35.9 Å². The fourth-order valence-electron chi connectivity index (χ4n) is 3.54. The van der Waals surface area contributed by atoms with Gasteiger partial charge in [0.1, 0.15) is 18.1 Å². The number of amides is 3. The highest BCUT2D eigenvalue weighted by Gasteiger charge is 2.33. The molecule has 0 aliphatic rings. The summed E-state index contributed by atoms with van der Waals surface area (Å²) in [5.41, 5.74) is 6.71. The Hall–Kier alpha value is -2.94. The molecule has 1 aromatic carbocycles. The smallest absolute Gasteiger partial charge is 0.326 e. The van der Waals surface area contributed by atoms with Gasteiger partial charge in [0.25, 0.3) is 0 Å². The number of carbonyl (C=O) groups excluding carboxylic acids is 3. The Morgan fingerprint density at radius 1 is 0.857 bits per heavy atom. The van der Waals surface area contributed by atoms with Crippen LogP contribution >= 0.6 is 0 Å². The molecule has 0 bridgehead atoms. The molecule has 0 heterocycles. The Labute approximate surface area is 208 Å². The van der Waals surface area contributed by atoms with Crippen molar-refractivity contribution >= 4 is 23.7 Å². The number of benzene rings is 1. The van der Waals surface area contributed by atoms with Gasteiger partial charge < -0.3 is 26.8 Å². The van der Waals surface area contributed by atoms with Crippen molar-refractivity contribution in [2.24, 2.45) is 23.5 Å². The standard InChI is InChI=1S/C26H42N4O5/c1-7-17(6)22(25(33)29-20(26(34)35)14-18-11-9-8-10-12-18)30-23(31)19(13-15(2)3)28-24(32)21(27)16(4)5/h8-12,15-17,19-22H,7,13-14,27H2,1-6H3,(H,28,32)(H,29,33)(H,30,31)(H,34,35). The van der Waals surface area contributed by atoms with Crippen LogP contribution in [0.25, 0.3) is 0 Å². The van der Waals surface area contributed by atoms with Crippen molar-refractivity contribution in [2.45, 2.75) is 85.0 Å². The first-order valence-electron chi connectivity index (χ1n) is 12.3. The molecule has 5 atom stereocenters. The highest BCUT2D eigenvalue weighted by Crippen LogP contribution is 2.12. The minimum Gasteiger partial charge on any atom is -0.480 e. The number of rotatable bonds is 14. The summed E-state index contributed by atoms with van der Waals surface area (Å²) in [5, 5.41) is 17.7. The van der Waals surface area contributed by atoms with Crippen LogP contribution in [-0.4, -0.2) is 53.0 Å². The summed E-state index contributed by atoms with van der Waals surface area (Å²) in [4.78, 5) is 50.7. The van der Waals surface area contributed by atoms with Crippen LogP contribution in [-0.2, 0) is 25.6 Å². The molecular weight excluding hydrogens is 448 g/mol. The lowest BCUT2D eigenvalue weighted by Crippen LogP contribution is -2.59. The van der Waals surface area contributed by atoms with E-state index in [1.807, 2.05) is 47.6 Å². The number of nitrogens with two attached hydrogens (primary N) is 1. The normalized spacial score (nSPS) is 15.6. The molecule has 0 spiro atoms. The van der Waals surface area contributed by atoms with E-state index in [2.05, 4.69) is 16.0 Å². The monoisotopic (exact) mass is 490 g/mol. The van der Waals surface area contributed by atoms with E-state index in [1.165, 1.54) is 0 Å². The number of hydrogen-bond donors (Lipinski definition) is 5. The van der Waals surface area contributed by atoms with E-state index < -0.39 is 47.9 Å². The Morgan fingerprint density at radius 3 is 1.91 bits per heavy atom. The van der Waals surface area contributed by atoms with Crippen LogP contribution in [0.3, 0.4) is 0 Å². The highest BCUT2D eigenvalue weighted by molar-refractivity contribution is 5.94. The Bertz CT molecular complexity index is 843. The SMILES string of the molecule is CCC(C)C(NC(=O)C(CC(C)C)NC(=O)C(N)C(C)C)C(=O)NC(Cc1ccccc1)C(=O)O. The third-order valence-electron chi connectivity index (χ3n) is 6.05. The number of hydrogen-bond acceptors (Lipinski definition) is 5. The maximum atomic E-state index is 13.2. The van der Waals surface area contributed by atoms with Gasteiger partial charge in [0.2, 0.25) is 17.7 Å². The van der Waals surface area contributed by atoms with E-state index in [0.29, 0.717) is 12.8 Å². The molecule has 9 heteroatoms. The predicted molar refractivity (Wildman–Crippen MR) is 135 cm³/mol. The Morgan fingerprint density at radius 2 is 1.43 bits per heavy atom. The summed E-state index contributed by atoms with van der Waals surface area (Å²) in [7, 11) is 0. The first-order valence-corrected chi connectivity index (χ1v) is 12.3. The molecule has 6 N–H and O–H groups in total. The van der Waals surface area contributed by atoms with Crippen LogP contribution < -0.4 is 21.7 Å². The van der Waals surface area contributed by atoms with Gasteiger partial charge in [0, 0.05) is 6.42 Å². The van der Waals surface area contributed by atoms with Gasteiger partial charge in [-0.3, -0.25) is 14.4 Å². The molecular formula is C26H42N4O5. The number of carboxylic acids is 1. The van der Waals surface area contributed by atoms with E-state index in [1.54, 1.807) is 24.3 Å². The number of carbonyl (C=O) groups is 4. The highest BCUT2D eigenvalue weighted by atomic mass is 16.4. The first-order chi connectivity index (χ1) is 16.4. The zero-order valence-electron chi connectivity index (χ0n) is 21.7. The lowest BCUT2D eigenvalue weighted by Gasteiger charge is -2.29. The molecule has 0 saturated heterocycles. The van der Waals surface area contributed by atoms with E-state index >= 15 is 0 Å². The molecule has 0 aliphatic carbocycles. The van der Waals surface area contributed by atoms with E-state index in [-0.39, 0.29) is 24.2 Å². The molecule has 0 radical (unpaired) electrons. The Balaban J connectivity index is 3.03. The van der Waals surface area contributed by atoms with Crippen LogP contribution in [0.15, 0.2) is 30.3 Å². The summed E-state index contributed by atoms with van der Waals surface area (Å²) < 4.78 is 0. The van der Waals surface area contributed by atoms with Gasteiger partial charge in [-0.2, -0.15) is 0 Å². The van der Waals surface area contributed by atoms with Crippen molar-refractivity contribution < 1.29 is 24.3 Å². The first kappa shape index (κ1) is 30.1. The summed E-state index contributed by atoms with van der Waals surface area (Å²) in [6.07, 6.45) is 1.05. The molecule has 35 heavy (non-hydrogen) atoms. The maximum Gasteiger partial charge on any atom is 0.326 e. The van der Waals surface area contributed by atoms with Gasteiger partial charge in [-0.15, -0.1) is 0 Å². The molecule has 0 aromatic heterocycles. The van der Waals surface area contributed by atoms with Crippen molar-refractivity contribution in [1.82, 2.24) is 16.0 Å². The quantitative estimate of drug-likeness (QED) is 0.268. The topological polar surface area (TPSA) is 151 Å². The van der Waals surface area contributed by atoms with E-state index in [4.69, 9.17) is 5.73 Å². The van der Waals surface area contributed by atoms with Gasteiger partial charge in [-0.05, 0) is 29.7 Å². The maximum absolute atomic E-state index is 13.2. The lowest BCUT2D eigenvalue weighted by molar-refractivity contribution is -0.142. The second-order valence-corrected chi connectivity index (χ2v) is 9.92. The molecule has 196 valence electrons. The lowest BCUT2D eigenvalue weighted by atomic mass is 9.95. The van der Waals surface area contributed by atoms with Crippen molar-refractivity contribution in [1.29, 1.82) is 0 Å². The second-order valence-electron chi connectivity index (χ2n) is 9.92. The van der Waals surface area contributed by atoms with Gasteiger partial charge >= 0.3 is 5.97 Å². The molecule has 0 saturated carbocycles. The minimum absolute atomic E-state index is 0.0967.